The zero-order valence-corrected chi connectivity index (χ0v) is 13.0. The van der Waals surface area contributed by atoms with E-state index in [4.69, 9.17) is 29.6 Å². The van der Waals surface area contributed by atoms with Gasteiger partial charge in [0.1, 0.15) is 0 Å². The van der Waals surface area contributed by atoms with Gasteiger partial charge in [0.15, 0.2) is 0 Å². The molecule has 2 aromatic carbocycles. The van der Waals surface area contributed by atoms with Crippen LogP contribution in [0.3, 0.4) is 0 Å². The average molecular weight is 354 g/mol. The van der Waals surface area contributed by atoms with Gasteiger partial charge in [-0.2, -0.15) is 13.2 Å². The molecule has 0 spiro atoms. The lowest BCUT2D eigenvalue weighted by Gasteiger charge is -2.14. The first-order valence-corrected chi connectivity index (χ1v) is 7.22. The van der Waals surface area contributed by atoms with E-state index < -0.39 is 11.7 Å². The van der Waals surface area contributed by atoms with Gasteiger partial charge in [0.2, 0.25) is 0 Å². The highest BCUT2D eigenvalue weighted by molar-refractivity contribution is 6.38. The summed E-state index contributed by atoms with van der Waals surface area (Å²) in [6, 6.07) is 8.95. The normalized spacial score (nSPS) is 11.7. The van der Waals surface area contributed by atoms with E-state index in [2.05, 4.69) is 5.92 Å². The van der Waals surface area contributed by atoms with Crippen molar-refractivity contribution < 1.29 is 13.2 Å². The van der Waals surface area contributed by atoms with E-state index in [1.807, 2.05) is 12.1 Å². The van der Waals surface area contributed by atoms with E-state index in [1.165, 1.54) is 0 Å². The molecule has 0 atom stereocenters. The van der Waals surface area contributed by atoms with E-state index in [-0.39, 0.29) is 15.7 Å². The van der Waals surface area contributed by atoms with Gasteiger partial charge in [-0.3, -0.25) is 0 Å². The summed E-state index contributed by atoms with van der Waals surface area (Å²) < 4.78 is 40.1. The molecule has 116 valence electrons. The Bertz CT molecular complexity index is 926. The molecule has 0 aliphatic carbocycles. The van der Waals surface area contributed by atoms with Gasteiger partial charge in [-0.25, -0.2) is 0 Å². The third-order valence-corrected chi connectivity index (χ3v) is 4.03. The van der Waals surface area contributed by atoms with Crippen molar-refractivity contribution >= 4 is 34.1 Å². The van der Waals surface area contributed by atoms with E-state index in [0.717, 1.165) is 17.5 Å². The number of para-hydroxylation sites is 1. The minimum absolute atomic E-state index is 0.103. The smallest absolute Gasteiger partial charge is 0.312 e. The van der Waals surface area contributed by atoms with Crippen molar-refractivity contribution in [1.82, 2.24) is 4.57 Å². The molecule has 6 heteroatoms. The first kappa shape index (κ1) is 15.8. The number of hydrogen-bond donors (Lipinski definition) is 0. The topological polar surface area (TPSA) is 4.93 Å². The van der Waals surface area contributed by atoms with Crippen LogP contribution in [0, 0.1) is 12.3 Å². The molecular formula is C17H8Cl2F3N. The number of halogens is 5. The summed E-state index contributed by atoms with van der Waals surface area (Å²) in [5.41, 5.74) is 0.681. The minimum Gasteiger partial charge on any atom is -0.312 e. The van der Waals surface area contributed by atoms with Crippen molar-refractivity contribution in [3.8, 4) is 18.0 Å². The molecule has 3 aromatic rings. The summed E-state index contributed by atoms with van der Waals surface area (Å²) >= 11 is 12.1. The fourth-order valence-corrected chi connectivity index (χ4v) is 3.11. The molecule has 0 amide bonds. The van der Waals surface area contributed by atoms with Crippen LogP contribution in [-0.2, 0) is 6.18 Å². The second-order valence-electron chi connectivity index (χ2n) is 4.86. The summed E-state index contributed by atoms with van der Waals surface area (Å²) in [5, 5.41) is 0.588. The third-order valence-electron chi connectivity index (χ3n) is 3.45. The molecule has 0 fully saturated rings. The Morgan fingerprint density at radius 3 is 2.22 bits per heavy atom. The van der Waals surface area contributed by atoms with E-state index in [1.54, 1.807) is 22.9 Å². The monoisotopic (exact) mass is 353 g/mol. The molecule has 1 nitrogen and oxygen atoms in total. The molecular weight excluding hydrogens is 346 g/mol. The Labute approximate surface area is 140 Å². The van der Waals surface area contributed by atoms with Gasteiger partial charge < -0.3 is 4.57 Å². The molecule has 0 saturated heterocycles. The van der Waals surface area contributed by atoms with Crippen LogP contribution in [0.25, 0.3) is 16.6 Å². The molecule has 1 aromatic heterocycles. The molecule has 0 unspecified atom stereocenters. The van der Waals surface area contributed by atoms with E-state index in [9.17, 15) is 13.2 Å². The summed E-state index contributed by atoms with van der Waals surface area (Å²) in [6.07, 6.45) is 2.60. The first-order chi connectivity index (χ1) is 10.8. The second kappa shape index (κ2) is 5.52. The fourth-order valence-electron chi connectivity index (χ4n) is 2.44. The largest absolute Gasteiger partial charge is 0.416 e. The summed E-state index contributed by atoms with van der Waals surface area (Å²) in [4.78, 5) is 0. The Hall–Kier alpha value is -2.09. The molecule has 0 aliphatic rings. The molecule has 0 saturated carbocycles. The summed E-state index contributed by atoms with van der Waals surface area (Å²) in [5.74, 6) is 2.55. The number of hydrogen-bond acceptors (Lipinski definition) is 0. The Kier molecular flexibility index (Phi) is 3.79. The quantitative estimate of drug-likeness (QED) is 0.477. The highest BCUT2D eigenvalue weighted by Gasteiger charge is 2.32. The molecule has 0 N–H and O–H groups in total. The van der Waals surface area contributed by atoms with Crippen LogP contribution < -0.4 is 0 Å². The SMILES string of the molecule is C#Cc1cn(-c2c(Cl)cc(C(F)(F)F)cc2Cl)c2ccccc12. The Morgan fingerprint density at radius 2 is 1.65 bits per heavy atom. The number of terminal acetylenes is 1. The molecule has 0 aliphatic heterocycles. The van der Waals surface area contributed by atoms with Crippen molar-refractivity contribution in [2.24, 2.45) is 0 Å². The predicted molar refractivity (Wildman–Crippen MR) is 86.2 cm³/mol. The zero-order chi connectivity index (χ0) is 16.8. The summed E-state index contributed by atoms with van der Waals surface area (Å²) in [7, 11) is 0. The maximum Gasteiger partial charge on any atom is 0.416 e. The van der Waals surface area contributed by atoms with Crippen LogP contribution in [0.4, 0.5) is 13.2 Å². The van der Waals surface area contributed by atoms with Crippen LogP contribution >= 0.6 is 23.2 Å². The van der Waals surface area contributed by atoms with E-state index in [0.29, 0.717) is 11.1 Å². The minimum atomic E-state index is -4.52. The van der Waals surface area contributed by atoms with E-state index >= 15 is 0 Å². The number of alkyl halides is 3. The third kappa shape index (κ3) is 2.67. The lowest BCUT2D eigenvalue weighted by atomic mass is 10.2. The standard InChI is InChI=1S/C17H8Cl2F3N/c1-2-10-9-23(15-6-4-3-5-12(10)15)16-13(18)7-11(8-14(16)19)17(20,21)22/h1,3-9H. The van der Waals surface area contributed by atoms with Crippen LogP contribution in [0.2, 0.25) is 10.0 Å². The van der Waals surface area contributed by atoms with Gasteiger partial charge in [0, 0.05) is 11.6 Å². The second-order valence-corrected chi connectivity index (χ2v) is 5.67. The molecule has 23 heavy (non-hydrogen) atoms. The van der Waals surface area contributed by atoms with Crippen molar-refractivity contribution in [3.63, 3.8) is 0 Å². The molecule has 1 heterocycles. The van der Waals surface area contributed by atoms with Crippen LogP contribution in [0.5, 0.6) is 0 Å². The van der Waals surface area contributed by atoms with Crippen LogP contribution in [0.1, 0.15) is 11.1 Å². The number of nitrogens with zero attached hydrogens (tertiary/aromatic N) is 1. The lowest BCUT2D eigenvalue weighted by Crippen LogP contribution is -2.06. The highest BCUT2D eigenvalue weighted by atomic mass is 35.5. The Balaban J connectivity index is 2.31. The number of aromatic nitrogens is 1. The predicted octanol–water partition coefficient (Wildman–Crippen LogP) is 5.94. The van der Waals surface area contributed by atoms with Crippen molar-refractivity contribution in [2.75, 3.05) is 0 Å². The Morgan fingerprint density at radius 1 is 1.04 bits per heavy atom. The first-order valence-electron chi connectivity index (χ1n) is 6.46. The van der Waals surface area contributed by atoms with Gasteiger partial charge in [0.25, 0.3) is 0 Å². The van der Waals surface area contributed by atoms with Crippen molar-refractivity contribution in [2.45, 2.75) is 6.18 Å². The molecule has 0 bridgehead atoms. The lowest BCUT2D eigenvalue weighted by molar-refractivity contribution is -0.137. The van der Waals surface area contributed by atoms with Gasteiger partial charge >= 0.3 is 6.18 Å². The van der Waals surface area contributed by atoms with Gasteiger partial charge in [0.05, 0.1) is 32.4 Å². The van der Waals surface area contributed by atoms with Crippen molar-refractivity contribution in [3.05, 3.63) is 63.8 Å². The molecule has 3 rings (SSSR count). The molecule has 0 radical (unpaired) electrons. The van der Waals surface area contributed by atoms with Gasteiger partial charge in [-0.05, 0) is 18.2 Å². The maximum absolute atomic E-state index is 12.8. The van der Waals surface area contributed by atoms with Gasteiger partial charge in [-0.15, -0.1) is 6.42 Å². The number of rotatable bonds is 1. The average Bonchev–Trinajstić information content (AvgIpc) is 2.84. The van der Waals surface area contributed by atoms with Crippen LogP contribution in [0.15, 0.2) is 42.6 Å². The van der Waals surface area contributed by atoms with Crippen LogP contribution in [-0.4, -0.2) is 4.57 Å². The van der Waals surface area contributed by atoms with Crippen molar-refractivity contribution in [1.29, 1.82) is 0 Å². The number of fused-ring (bicyclic) bond motifs is 1. The summed E-state index contributed by atoms with van der Waals surface area (Å²) in [6.45, 7) is 0. The van der Waals surface area contributed by atoms with Gasteiger partial charge in [-0.1, -0.05) is 47.3 Å². The number of benzene rings is 2. The maximum atomic E-state index is 12.8. The highest BCUT2D eigenvalue weighted by Crippen LogP contribution is 2.39. The fraction of sp³-hybridized carbons (Fsp3) is 0.0588. The zero-order valence-electron chi connectivity index (χ0n) is 11.5.